The van der Waals surface area contributed by atoms with Gasteiger partial charge in [-0.25, -0.2) is 4.90 Å². The molecule has 0 saturated carbocycles. The molecule has 4 unspecified atom stereocenters. The van der Waals surface area contributed by atoms with Crippen LogP contribution in [0.1, 0.15) is 11.6 Å². The lowest BCUT2D eigenvalue weighted by molar-refractivity contribution is -0.385. The van der Waals surface area contributed by atoms with Crippen molar-refractivity contribution in [3.05, 3.63) is 33.9 Å². The fraction of sp³-hybridized carbons (Fsp3) is 0.400. The number of aromatic hydroxyl groups is 1. The number of nitrogens with zero attached hydrogens (tertiary/aromatic N) is 2. The van der Waals surface area contributed by atoms with Gasteiger partial charge in [0.05, 0.1) is 17.1 Å². The van der Waals surface area contributed by atoms with Crippen LogP contribution in [0.5, 0.6) is 5.75 Å². The van der Waals surface area contributed by atoms with Crippen LogP contribution in [0.2, 0.25) is 0 Å². The molecule has 3 rings (SSSR count). The van der Waals surface area contributed by atoms with Crippen LogP contribution in [0.4, 0.5) is 5.69 Å². The summed E-state index contributed by atoms with van der Waals surface area (Å²) < 4.78 is 0. The summed E-state index contributed by atoms with van der Waals surface area (Å²) in [7, 11) is 0. The van der Waals surface area contributed by atoms with Gasteiger partial charge in [0.2, 0.25) is 0 Å². The predicted octanol–water partition coefficient (Wildman–Crippen LogP) is -0.0952. The van der Waals surface area contributed by atoms with Crippen molar-refractivity contribution in [2.45, 2.75) is 18.4 Å². The van der Waals surface area contributed by atoms with Crippen molar-refractivity contribution in [3.8, 4) is 5.75 Å². The maximum absolute atomic E-state index is 10.7. The number of aliphatic hydroxyl groups excluding tert-OH is 1. The summed E-state index contributed by atoms with van der Waals surface area (Å²) in [6, 6.07) is 3.98. The highest BCUT2D eigenvalue weighted by molar-refractivity contribution is 5.49. The lowest BCUT2D eigenvalue weighted by atomic mass is 10.1. The second-order valence-electron chi connectivity index (χ2n) is 4.23. The van der Waals surface area contributed by atoms with Crippen LogP contribution >= 0.6 is 0 Å². The summed E-state index contributed by atoms with van der Waals surface area (Å²) in [6.45, 7) is 0.827. The fourth-order valence-electron chi connectivity index (χ4n) is 2.09. The van der Waals surface area contributed by atoms with Gasteiger partial charge in [-0.2, -0.15) is 0 Å². The summed E-state index contributed by atoms with van der Waals surface area (Å²) in [6.07, 6.45) is -0.429. The monoisotopic (exact) mass is 237 g/mol. The van der Waals surface area contributed by atoms with Crippen molar-refractivity contribution < 1.29 is 15.1 Å². The average molecular weight is 237 g/mol. The summed E-state index contributed by atoms with van der Waals surface area (Å²) in [5.74, 6) is -0.356. The molecule has 0 spiro atoms. The number of nitro benzene ring substituents is 1. The van der Waals surface area contributed by atoms with Crippen molar-refractivity contribution in [3.63, 3.8) is 0 Å². The molecule has 2 heterocycles. The van der Waals surface area contributed by atoms with Crippen molar-refractivity contribution in [2.24, 2.45) is 0 Å². The van der Waals surface area contributed by atoms with E-state index in [4.69, 9.17) is 0 Å². The molecule has 2 saturated heterocycles. The lowest BCUT2D eigenvalue weighted by Gasteiger charge is -2.01. The molecule has 1 aromatic carbocycles. The third kappa shape index (κ3) is 1.64. The minimum Gasteiger partial charge on any atom is -0.502 e. The molecule has 0 amide bonds. The van der Waals surface area contributed by atoms with Gasteiger partial charge in [0.1, 0.15) is 6.23 Å². The van der Waals surface area contributed by atoms with Crippen molar-refractivity contribution >= 4 is 5.69 Å². The smallest absolute Gasteiger partial charge is 0.311 e. The number of rotatable bonds is 3. The van der Waals surface area contributed by atoms with E-state index in [2.05, 4.69) is 5.32 Å². The molecule has 1 aromatic rings. The van der Waals surface area contributed by atoms with Crippen LogP contribution in [0.25, 0.3) is 0 Å². The van der Waals surface area contributed by atoms with E-state index in [0.717, 1.165) is 6.54 Å². The van der Waals surface area contributed by atoms with Crippen LogP contribution in [0, 0.1) is 10.1 Å². The van der Waals surface area contributed by atoms with Gasteiger partial charge in [-0.3, -0.25) is 15.4 Å². The van der Waals surface area contributed by atoms with Gasteiger partial charge in [0.15, 0.2) is 5.75 Å². The molecule has 0 aliphatic carbocycles. The van der Waals surface area contributed by atoms with Crippen LogP contribution in [-0.2, 0) is 0 Å². The Balaban J connectivity index is 1.89. The maximum atomic E-state index is 10.7. The van der Waals surface area contributed by atoms with Gasteiger partial charge in [0, 0.05) is 12.6 Å². The summed E-state index contributed by atoms with van der Waals surface area (Å²) in [5.41, 5.74) is 0.320. The molecule has 2 fully saturated rings. The van der Waals surface area contributed by atoms with E-state index >= 15 is 0 Å². The molecule has 7 heteroatoms. The molecule has 2 aliphatic heterocycles. The Hall–Kier alpha value is -1.70. The van der Waals surface area contributed by atoms with Gasteiger partial charge in [-0.15, -0.1) is 0 Å². The zero-order chi connectivity index (χ0) is 12.2. The average Bonchev–Trinajstić information content (AvgIpc) is 3.14. The molecule has 7 nitrogen and oxygen atoms in total. The Bertz CT molecular complexity index is 488. The van der Waals surface area contributed by atoms with Crippen molar-refractivity contribution in [1.29, 1.82) is 0 Å². The lowest BCUT2D eigenvalue weighted by Crippen LogP contribution is -2.08. The second kappa shape index (κ2) is 3.39. The Morgan fingerprint density at radius 1 is 1.53 bits per heavy atom. The topological polar surface area (TPSA) is 109 Å². The molecular weight excluding hydrogens is 226 g/mol. The number of benzene rings is 1. The number of nitrogens with one attached hydrogen (secondary N) is 1. The van der Waals surface area contributed by atoms with Crippen LogP contribution in [0.15, 0.2) is 18.2 Å². The molecule has 3 N–H and O–H groups in total. The van der Waals surface area contributed by atoms with E-state index in [9.17, 15) is 20.3 Å². The van der Waals surface area contributed by atoms with E-state index in [1.54, 1.807) is 6.07 Å². The van der Waals surface area contributed by atoms with Gasteiger partial charge in [0.25, 0.3) is 0 Å². The first-order valence-corrected chi connectivity index (χ1v) is 5.26. The second-order valence-corrected chi connectivity index (χ2v) is 4.23. The van der Waals surface area contributed by atoms with E-state index in [0.29, 0.717) is 5.56 Å². The maximum Gasteiger partial charge on any atom is 0.311 e. The molecule has 0 radical (unpaired) electrons. The molecule has 90 valence electrons. The quantitative estimate of drug-likeness (QED) is 0.385. The van der Waals surface area contributed by atoms with Gasteiger partial charge in [-0.1, -0.05) is 6.07 Å². The standard InChI is InChI=1S/C10H11N3O4/c14-7-2-1-5(3-6(7)13(16)17)9-10(15)12(9)8-4-11-8/h1-3,8-11,14-15H,4H2. The van der Waals surface area contributed by atoms with E-state index in [1.807, 2.05) is 4.90 Å². The van der Waals surface area contributed by atoms with E-state index in [1.165, 1.54) is 12.1 Å². The molecule has 0 bridgehead atoms. The summed E-state index contributed by atoms with van der Waals surface area (Å²) in [4.78, 5) is 11.9. The first-order chi connectivity index (χ1) is 8.09. The Morgan fingerprint density at radius 3 is 2.82 bits per heavy atom. The van der Waals surface area contributed by atoms with E-state index < -0.39 is 11.2 Å². The molecule has 0 aromatic heterocycles. The number of hydrogen-bond acceptors (Lipinski definition) is 6. The third-order valence-corrected chi connectivity index (χ3v) is 3.10. The Morgan fingerprint density at radius 2 is 2.24 bits per heavy atom. The molecular formula is C10H11N3O4. The zero-order valence-electron chi connectivity index (χ0n) is 8.78. The van der Waals surface area contributed by atoms with Crippen molar-refractivity contribution in [2.75, 3.05) is 6.54 Å². The number of phenolic OH excluding ortho intramolecular Hbond substituents is 1. The van der Waals surface area contributed by atoms with Crippen LogP contribution < -0.4 is 5.32 Å². The van der Waals surface area contributed by atoms with Gasteiger partial charge in [-0.05, 0) is 11.6 Å². The Kier molecular flexibility index (Phi) is 2.09. The van der Waals surface area contributed by atoms with Gasteiger partial charge >= 0.3 is 5.69 Å². The van der Waals surface area contributed by atoms with Crippen LogP contribution in [-0.4, -0.2) is 39.0 Å². The summed E-state index contributed by atoms with van der Waals surface area (Å²) in [5, 5.41) is 32.8. The van der Waals surface area contributed by atoms with Crippen LogP contribution in [0.3, 0.4) is 0 Å². The number of aliphatic hydroxyl groups is 1. The largest absolute Gasteiger partial charge is 0.502 e. The zero-order valence-corrected chi connectivity index (χ0v) is 8.78. The highest BCUT2D eigenvalue weighted by Gasteiger charge is 2.55. The fourth-order valence-corrected chi connectivity index (χ4v) is 2.09. The minimum absolute atomic E-state index is 0.169. The highest BCUT2D eigenvalue weighted by atomic mass is 16.6. The van der Waals surface area contributed by atoms with Crippen molar-refractivity contribution in [1.82, 2.24) is 10.2 Å². The molecule has 17 heavy (non-hydrogen) atoms. The first kappa shape index (κ1) is 10.5. The Labute approximate surface area is 96.4 Å². The minimum atomic E-state index is -0.632. The van der Waals surface area contributed by atoms with Gasteiger partial charge < -0.3 is 10.2 Å². The highest BCUT2D eigenvalue weighted by Crippen LogP contribution is 2.46. The number of hydrogen-bond donors (Lipinski definition) is 3. The van der Waals surface area contributed by atoms with E-state index in [-0.39, 0.29) is 23.6 Å². The molecule has 2 aliphatic rings. The SMILES string of the molecule is O=[N+]([O-])c1cc(C2C(O)N2C2CN2)ccc1O. The normalized spacial score (nSPS) is 34.4. The first-order valence-electron chi connectivity index (χ1n) is 5.26. The summed E-state index contributed by atoms with van der Waals surface area (Å²) >= 11 is 0. The third-order valence-electron chi connectivity index (χ3n) is 3.10. The molecule has 4 atom stereocenters. The number of nitro groups is 1. The number of phenols is 1. The predicted molar refractivity (Wildman–Crippen MR) is 57.1 cm³/mol.